The second-order valence-electron chi connectivity index (χ2n) is 3.23. The van der Waals surface area contributed by atoms with Crippen molar-refractivity contribution in [1.29, 1.82) is 0 Å². The molecule has 1 aromatic heterocycles. The van der Waals surface area contributed by atoms with Crippen molar-refractivity contribution >= 4 is 34.7 Å². The molecule has 1 aliphatic heterocycles. The number of allylic oxidation sites excluding steroid dienone is 2. The zero-order valence-electron chi connectivity index (χ0n) is 7.20. The average molecular weight is 222 g/mol. The molecular weight excluding hydrogens is 216 g/mol. The van der Waals surface area contributed by atoms with E-state index in [0.29, 0.717) is 15.3 Å². The van der Waals surface area contributed by atoms with E-state index in [1.807, 2.05) is 5.38 Å². The molecule has 0 saturated carbocycles. The maximum atomic E-state index is 11.9. The molecule has 3 rings (SSSR count). The summed E-state index contributed by atoms with van der Waals surface area (Å²) < 4.78 is 0. The molecule has 0 aromatic carbocycles. The molecule has 1 aliphatic carbocycles. The Morgan fingerprint density at radius 1 is 1.21 bits per heavy atom. The van der Waals surface area contributed by atoms with E-state index >= 15 is 0 Å². The van der Waals surface area contributed by atoms with Crippen LogP contribution in [0.3, 0.4) is 0 Å². The summed E-state index contributed by atoms with van der Waals surface area (Å²) in [7, 11) is 0. The minimum Gasteiger partial charge on any atom is -0.288 e. The van der Waals surface area contributed by atoms with Gasteiger partial charge in [0.2, 0.25) is 11.6 Å². The van der Waals surface area contributed by atoms with Crippen LogP contribution in [0.5, 0.6) is 0 Å². The minimum absolute atomic E-state index is 0.0540. The molecule has 70 valence electrons. The van der Waals surface area contributed by atoms with Crippen LogP contribution in [0.1, 0.15) is 26.5 Å². The van der Waals surface area contributed by atoms with Gasteiger partial charge in [0.05, 0.1) is 9.78 Å². The summed E-state index contributed by atoms with van der Waals surface area (Å²) in [6, 6.07) is 1.75. The van der Waals surface area contributed by atoms with E-state index in [1.165, 1.54) is 23.1 Å². The lowest BCUT2D eigenvalue weighted by Crippen LogP contribution is -2.15. The minimum atomic E-state index is 0.0540. The highest BCUT2D eigenvalue weighted by molar-refractivity contribution is 8.04. The molecule has 14 heavy (non-hydrogen) atoms. The topological polar surface area (TPSA) is 34.1 Å². The third-order valence-electron chi connectivity index (χ3n) is 2.47. The first kappa shape index (κ1) is 8.44. The first-order valence-corrected chi connectivity index (χ1v) is 6.18. The number of carbonyl (C=O) groups is 2. The molecule has 0 amide bonds. The zero-order chi connectivity index (χ0) is 9.71. The van der Waals surface area contributed by atoms with Crippen LogP contribution in [-0.2, 0) is 0 Å². The standard InChI is InChI=1S/C10H6O2S2/c11-7-5-1-3-13-9(5)8(12)6-2-4-14-10(6)7/h1,3H,2,4H2. The van der Waals surface area contributed by atoms with Gasteiger partial charge < -0.3 is 0 Å². The largest absolute Gasteiger partial charge is 0.288 e. The van der Waals surface area contributed by atoms with E-state index in [-0.39, 0.29) is 11.6 Å². The quantitative estimate of drug-likeness (QED) is 0.676. The van der Waals surface area contributed by atoms with E-state index in [4.69, 9.17) is 0 Å². The van der Waals surface area contributed by atoms with Crippen molar-refractivity contribution in [3.63, 3.8) is 0 Å². The van der Waals surface area contributed by atoms with E-state index in [0.717, 1.165) is 17.7 Å². The summed E-state index contributed by atoms with van der Waals surface area (Å²) in [4.78, 5) is 25.1. The maximum Gasteiger partial charge on any atom is 0.201 e. The number of ketones is 2. The molecule has 0 saturated heterocycles. The lowest BCUT2D eigenvalue weighted by Gasteiger charge is -2.10. The Balaban J connectivity index is 2.26. The van der Waals surface area contributed by atoms with E-state index in [1.54, 1.807) is 6.07 Å². The average Bonchev–Trinajstić information content (AvgIpc) is 2.82. The monoisotopic (exact) mass is 222 g/mol. The molecule has 0 unspecified atom stereocenters. The van der Waals surface area contributed by atoms with Crippen LogP contribution in [0, 0.1) is 0 Å². The van der Waals surface area contributed by atoms with Crippen LogP contribution in [0.2, 0.25) is 0 Å². The van der Waals surface area contributed by atoms with Gasteiger partial charge in [0, 0.05) is 16.9 Å². The number of hydrogen-bond donors (Lipinski definition) is 0. The summed E-state index contributed by atoms with van der Waals surface area (Å²) >= 11 is 2.89. The van der Waals surface area contributed by atoms with E-state index in [9.17, 15) is 9.59 Å². The van der Waals surface area contributed by atoms with Crippen LogP contribution in [0.15, 0.2) is 21.9 Å². The molecule has 4 heteroatoms. The number of Topliss-reactive ketones (excluding diaryl/α,β-unsaturated/α-hetero) is 2. The summed E-state index contributed by atoms with van der Waals surface area (Å²) in [5.74, 6) is 1.00. The van der Waals surface area contributed by atoms with Crippen molar-refractivity contribution in [2.45, 2.75) is 6.42 Å². The van der Waals surface area contributed by atoms with Gasteiger partial charge in [-0.25, -0.2) is 0 Å². The Hall–Kier alpha value is -0.870. The molecule has 0 spiro atoms. The molecule has 0 radical (unpaired) electrons. The van der Waals surface area contributed by atoms with Crippen LogP contribution in [0.25, 0.3) is 0 Å². The number of thioether (sulfide) groups is 1. The summed E-state index contributed by atoms with van der Waals surface area (Å²) in [6.07, 6.45) is 0.752. The lowest BCUT2D eigenvalue weighted by molar-refractivity contribution is 0.0984. The predicted molar refractivity (Wildman–Crippen MR) is 57.1 cm³/mol. The Morgan fingerprint density at radius 2 is 2.07 bits per heavy atom. The Morgan fingerprint density at radius 3 is 2.93 bits per heavy atom. The zero-order valence-corrected chi connectivity index (χ0v) is 8.83. The van der Waals surface area contributed by atoms with Crippen LogP contribution in [0.4, 0.5) is 0 Å². The van der Waals surface area contributed by atoms with Crippen molar-refractivity contribution in [2.75, 3.05) is 5.75 Å². The highest BCUT2D eigenvalue weighted by atomic mass is 32.2. The molecule has 1 aromatic rings. The SMILES string of the molecule is O=C1C2=C(CCS2)C(=O)c2sccc21. The summed E-state index contributed by atoms with van der Waals surface area (Å²) in [5.41, 5.74) is 1.35. The Bertz CT molecular complexity index is 442. The first-order chi connectivity index (χ1) is 6.79. The fraction of sp³-hybridized carbons (Fsp3) is 0.200. The van der Waals surface area contributed by atoms with E-state index < -0.39 is 0 Å². The van der Waals surface area contributed by atoms with Gasteiger partial charge in [-0.2, -0.15) is 0 Å². The molecule has 0 atom stereocenters. The van der Waals surface area contributed by atoms with Crippen molar-refractivity contribution in [1.82, 2.24) is 0 Å². The van der Waals surface area contributed by atoms with Gasteiger partial charge in [-0.05, 0) is 17.9 Å². The summed E-state index contributed by atoms with van der Waals surface area (Å²) in [5, 5.41) is 1.81. The number of carbonyl (C=O) groups excluding carboxylic acids is 2. The molecule has 2 aliphatic rings. The predicted octanol–water partition coefficient (Wildman–Crippen LogP) is 2.52. The number of rotatable bonds is 0. The fourth-order valence-corrected chi connectivity index (χ4v) is 3.78. The molecule has 2 nitrogen and oxygen atoms in total. The highest BCUT2D eigenvalue weighted by Gasteiger charge is 2.35. The fourth-order valence-electron chi connectivity index (χ4n) is 1.80. The Labute approximate surface area is 89.0 Å². The van der Waals surface area contributed by atoms with Crippen molar-refractivity contribution in [3.8, 4) is 0 Å². The van der Waals surface area contributed by atoms with Gasteiger partial charge in [-0.1, -0.05) is 0 Å². The normalized spacial score (nSPS) is 20.0. The molecular formula is C10H6O2S2. The second-order valence-corrected chi connectivity index (χ2v) is 5.25. The van der Waals surface area contributed by atoms with Crippen molar-refractivity contribution in [3.05, 3.63) is 32.4 Å². The van der Waals surface area contributed by atoms with Crippen LogP contribution >= 0.6 is 23.1 Å². The first-order valence-electron chi connectivity index (χ1n) is 4.32. The maximum absolute atomic E-state index is 11.9. The van der Waals surface area contributed by atoms with Gasteiger partial charge in [0.15, 0.2) is 0 Å². The molecule has 0 N–H and O–H groups in total. The number of hydrogen-bond acceptors (Lipinski definition) is 4. The van der Waals surface area contributed by atoms with Crippen LogP contribution < -0.4 is 0 Å². The van der Waals surface area contributed by atoms with Crippen LogP contribution in [-0.4, -0.2) is 17.3 Å². The smallest absolute Gasteiger partial charge is 0.201 e. The number of fused-ring (bicyclic) bond motifs is 1. The Kier molecular flexibility index (Phi) is 1.69. The van der Waals surface area contributed by atoms with E-state index in [2.05, 4.69) is 0 Å². The third-order valence-corrected chi connectivity index (χ3v) is 4.51. The molecule has 2 heterocycles. The molecule has 0 fully saturated rings. The second kappa shape index (κ2) is 2.81. The third kappa shape index (κ3) is 0.925. The van der Waals surface area contributed by atoms with Gasteiger partial charge in [0.1, 0.15) is 0 Å². The van der Waals surface area contributed by atoms with Gasteiger partial charge >= 0.3 is 0 Å². The summed E-state index contributed by atoms with van der Waals surface area (Å²) in [6.45, 7) is 0. The lowest BCUT2D eigenvalue weighted by atomic mass is 9.95. The van der Waals surface area contributed by atoms with Gasteiger partial charge in [-0.15, -0.1) is 23.1 Å². The van der Waals surface area contributed by atoms with Gasteiger partial charge in [-0.3, -0.25) is 9.59 Å². The highest BCUT2D eigenvalue weighted by Crippen LogP contribution is 2.41. The van der Waals surface area contributed by atoms with Crippen molar-refractivity contribution < 1.29 is 9.59 Å². The number of thiophene rings is 1. The van der Waals surface area contributed by atoms with Gasteiger partial charge in [0.25, 0.3) is 0 Å². The van der Waals surface area contributed by atoms with Crippen molar-refractivity contribution in [2.24, 2.45) is 0 Å². The molecule has 0 bridgehead atoms.